The SMILES string of the molecule is COc1ccc(Cc2ccc(C[C@H]3OC(=O)[C@H](CC(C)C)N(C)C(=O)[C@@H](C)OC(=O)[C@H](CC(C)C)N(C)C(=O)[C@@H](Cc4ccc(Cc5ccc(OC)nc5C)cc4)OC(=O)[C@H](CC(C)C)N(C)C(=O)[C@@H](C)OC(=O)[C@H](CC(C)C)N(C)C3=O)cc2)c(C)n1. The van der Waals surface area contributed by atoms with E-state index in [9.17, 15) is 28.8 Å². The van der Waals surface area contributed by atoms with Crippen molar-refractivity contribution in [1.29, 1.82) is 0 Å². The first-order valence-corrected chi connectivity index (χ1v) is 30.5. The van der Waals surface area contributed by atoms with Crippen LogP contribution in [0.3, 0.4) is 0 Å². The van der Waals surface area contributed by atoms with Gasteiger partial charge in [-0.2, -0.15) is 0 Å². The van der Waals surface area contributed by atoms with Gasteiger partial charge in [0.25, 0.3) is 23.6 Å². The number of hydrogen-bond donors (Lipinski definition) is 0. The molecule has 2 aromatic heterocycles. The Kier molecular flexibility index (Phi) is 26.1. The average Bonchev–Trinajstić information content (AvgIpc) is 3.68. The number of pyridine rings is 2. The fourth-order valence-corrected chi connectivity index (χ4v) is 10.7. The number of esters is 4. The summed E-state index contributed by atoms with van der Waals surface area (Å²) < 4.78 is 34.9. The van der Waals surface area contributed by atoms with Crippen LogP contribution in [0.5, 0.6) is 11.8 Å². The smallest absolute Gasteiger partial charge is 0.329 e. The summed E-state index contributed by atoms with van der Waals surface area (Å²) in [6.07, 6.45) is -5.00. The predicted molar refractivity (Wildman–Crippen MR) is 332 cm³/mol. The van der Waals surface area contributed by atoms with Crippen molar-refractivity contribution in [2.75, 3.05) is 42.4 Å². The van der Waals surface area contributed by atoms with Crippen LogP contribution >= 0.6 is 0 Å². The summed E-state index contributed by atoms with van der Waals surface area (Å²) in [7, 11) is 8.68. The Morgan fingerprint density at radius 1 is 0.398 bits per heavy atom. The molecular weight excluding hydrogens is 1120 g/mol. The molecule has 3 heterocycles. The molecule has 0 radical (unpaired) electrons. The molecule has 5 rings (SSSR count). The van der Waals surface area contributed by atoms with Crippen LogP contribution in [0.2, 0.25) is 0 Å². The van der Waals surface area contributed by atoms with Gasteiger partial charge in [0.1, 0.15) is 24.2 Å². The van der Waals surface area contributed by atoms with E-state index in [0.29, 0.717) is 35.7 Å². The van der Waals surface area contributed by atoms with Crippen LogP contribution in [0.15, 0.2) is 72.8 Å². The summed E-state index contributed by atoms with van der Waals surface area (Å²) in [4.78, 5) is 132. The summed E-state index contributed by atoms with van der Waals surface area (Å²) in [5.74, 6) is -6.54. The van der Waals surface area contributed by atoms with E-state index in [1.54, 1.807) is 26.4 Å². The third-order valence-electron chi connectivity index (χ3n) is 15.9. The number of amides is 4. The lowest BCUT2D eigenvalue weighted by Gasteiger charge is -2.35. The van der Waals surface area contributed by atoms with E-state index < -0.39 is 96.1 Å². The molecule has 88 heavy (non-hydrogen) atoms. The van der Waals surface area contributed by atoms with Crippen LogP contribution in [0, 0.1) is 37.5 Å². The summed E-state index contributed by atoms with van der Waals surface area (Å²) >= 11 is 0. The van der Waals surface area contributed by atoms with E-state index in [1.165, 1.54) is 42.0 Å². The van der Waals surface area contributed by atoms with Crippen molar-refractivity contribution < 1.29 is 66.8 Å². The second-order valence-corrected chi connectivity index (χ2v) is 25.0. The molecule has 0 N–H and O–H groups in total. The Morgan fingerprint density at radius 3 is 0.920 bits per heavy atom. The lowest BCUT2D eigenvalue weighted by atomic mass is 9.98. The van der Waals surface area contributed by atoms with E-state index in [4.69, 9.17) is 28.4 Å². The summed E-state index contributed by atoms with van der Waals surface area (Å²) in [5, 5.41) is 0. The van der Waals surface area contributed by atoms with Crippen LogP contribution in [0.1, 0.15) is 140 Å². The highest BCUT2D eigenvalue weighted by Crippen LogP contribution is 2.26. The van der Waals surface area contributed by atoms with E-state index in [1.807, 2.05) is 130 Å². The average molecular weight is 1220 g/mol. The maximum absolute atomic E-state index is 15.1. The zero-order valence-electron chi connectivity index (χ0n) is 54.9. The van der Waals surface area contributed by atoms with Crippen LogP contribution < -0.4 is 9.47 Å². The van der Waals surface area contributed by atoms with Crippen LogP contribution in [0.4, 0.5) is 0 Å². The Labute approximate surface area is 520 Å². The molecule has 8 atom stereocenters. The molecule has 0 bridgehead atoms. The number of rotatable bonds is 18. The maximum atomic E-state index is 15.1. The summed E-state index contributed by atoms with van der Waals surface area (Å²) in [6.45, 7) is 21.3. The molecule has 480 valence electrons. The van der Waals surface area contributed by atoms with Gasteiger partial charge in [0, 0.05) is 64.6 Å². The number of carbonyl (C=O) groups excluding carboxylic acids is 8. The van der Waals surface area contributed by atoms with E-state index in [2.05, 4.69) is 9.97 Å². The van der Waals surface area contributed by atoms with E-state index in [-0.39, 0.29) is 62.2 Å². The van der Waals surface area contributed by atoms with Crippen molar-refractivity contribution in [3.63, 3.8) is 0 Å². The van der Waals surface area contributed by atoms with Gasteiger partial charge in [-0.3, -0.25) is 19.2 Å². The normalized spacial score (nSPS) is 22.1. The first-order valence-electron chi connectivity index (χ1n) is 30.5. The Morgan fingerprint density at radius 2 is 0.659 bits per heavy atom. The maximum Gasteiger partial charge on any atom is 0.329 e. The van der Waals surface area contributed by atoms with Gasteiger partial charge in [-0.25, -0.2) is 29.1 Å². The van der Waals surface area contributed by atoms with Crippen LogP contribution in [-0.4, -0.2) is 168 Å². The number of hydrogen-bond acceptors (Lipinski definition) is 16. The van der Waals surface area contributed by atoms with Gasteiger partial charge in [0.15, 0.2) is 24.4 Å². The van der Waals surface area contributed by atoms with Crippen molar-refractivity contribution in [2.24, 2.45) is 23.7 Å². The summed E-state index contributed by atoms with van der Waals surface area (Å²) in [5.41, 5.74) is 6.65. The van der Waals surface area contributed by atoms with Gasteiger partial charge in [0.2, 0.25) is 11.8 Å². The molecule has 1 aliphatic heterocycles. The van der Waals surface area contributed by atoms with E-state index in [0.717, 1.165) is 53.2 Å². The Bertz CT molecular complexity index is 2840. The second-order valence-electron chi connectivity index (χ2n) is 25.0. The number of cyclic esters (lactones) is 4. The van der Waals surface area contributed by atoms with Crippen molar-refractivity contribution in [1.82, 2.24) is 29.6 Å². The van der Waals surface area contributed by atoms with Crippen molar-refractivity contribution >= 4 is 47.5 Å². The molecule has 2 aromatic carbocycles. The number of likely N-dealkylation sites (N-methyl/N-ethyl adjacent to an activating group) is 4. The number of aromatic nitrogens is 2. The molecule has 20 heteroatoms. The predicted octanol–water partition coefficient (Wildman–Crippen LogP) is 8.27. The van der Waals surface area contributed by atoms with E-state index >= 15 is 9.59 Å². The van der Waals surface area contributed by atoms with Gasteiger partial charge in [-0.15, -0.1) is 0 Å². The van der Waals surface area contributed by atoms with Gasteiger partial charge in [0.05, 0.1) is 14.2 Å². The molecule has 0 saturated carbocycles. The lowest BCUT2D eigenvalue weighted by molar-refractivity contribution is -0.176. The van der Waals surface area contributed by atoms with Crippen molar-refractivity contribution in [3.8, 4) is 11.8 Å². The lowest BCUT2D eigenvalue weighted by Crippen LogP contribution is -2.55. The van der Waals surface area contributed by atoms with Crippen molar-refractivity contribution in [2.45, 2.75) is 183 Å². The fraction of sp³-hybridized carbons (Fsp3) is 0.559. The van der Waals surface area contributed by atoms with Gasteiger partial charge < -0.3 is 48.0 Å². The van der Waals surface area contributed by atoms with Gasteiger partial charge in [-0.1, -0.05) is 116 Å². The number of benzene rings is 2. The topological polar surface area (TPSA) is 231 Å². The Balaban J connectivity index is 1.58. The molecule has 4 amide bonds. The highest BCUT2D eigenvalue weighted by atomic mass is 16.6. The number of ether oxygens (including phenoxy) is 6. The largest absolute Gasteiger partial charge is 0.481 e. The molecule has 0 spiro atoms. The minimum atomic E-state index is -1.55. The monoisotopic (exact) mass is 1220 g/mol. The number of nitrogens with zero attached hydrogens (tertiary/aromatic N) is 6. The molecule has 0 unspecified atom stereocenters. The van der Waals surface area contributed by atoms with Gasteiger partial charge in [-0.05, 0) is 123 Å². The van der Waals surface area contributed by atoms with Crippen LogP contribution in [0.25, 0.3) is 0 Å². The summed E-state index contributed by atoms with van der Waals surface area (Å²) in [6, 6.07) is 17.1. The molecule has 1 fully saturated rings. The zero-order chi connectivity index (χ0) is 65.4. The highest BCUT2D eigenvalue weighted by Gasteiger charge is 2.43. The number of carbonyl (C=O) groups is 8. The standard InChI is InChI=1S/C68H94N6O14/c1-39(2)31-53-65(79)85-45(11)61(75)71(13)56(34-42(7)8)68(82)88-58(38-50-25-21-48(22-26-50)36-52-28-30-60(84-18)70-44(52)10)64(78)74(16)54(32-40(3)4)66(80)86-46(12)62(76)72(14)55(33-41(5)6)67(81)87-57(63(77)73(53)15)37-49-23-19-47(20-24-49)35-51-27-29-59(83-17)69-43(51)9/h19-30,39-42,45-46,53-58H,31-38H2,1-18H3/t45-,46-,53+,54+,55+,56+,57-,58-/m1/s1. The third-order valence-corrected chi connectivity index (χ3v) is 15.9. The highest BCUT2D eigenvalue weighted by molar-refractivity contribution is 5.94. The first-order chi connectivity index (χ1) is 41.4. The first kappa shape index (κ1) is 70.9. The number of methoxy groups -OCH3 is 2. The second kappa shape index (κ2) is 32.4. The molecule has 20 nitrogen and oxygen atoms in total. The third kappa shape index (κ3) is 19.6. The minimum Gasteiger partial charge on any atom is -0.481 e. The molecule has 1 saturated heterocycles. The fourth-order valence-electron chi connectivity index (χ4n) is 10.7. The zero-order valence-corrected chi connectivity index (χ0v) is 54.9. The minimum absolute atomic E-state index is 0.0728. The molecule has 4 aromatic rings. The number of aryl methyl sites for hydroxylation is 2. The molecule has 1 aliphatic rings. The van der Waals surface area contributed by atoms with Gasteiger partial charge >= 0.3 is 23.9 Å². The van der Waals surface area contributed by atoms with Crippen LogP contribution in [-0.2, 0) is 83.0 Å². The Hall–Kier alpha value is -7.90. The molecule has 0 aliphatic carbocycles. The molecular formula is C68H94N6O14. The quantitative estimate of drug-likeness (QED) is 0.0674. The van der Waals surface area contributed by atoms with Crippen molar-refractivity contribution in [3.05, 3.63) is 118 Å².